The molecule has 0 aromatic heterocycles. The predicted octanol–water partition coefficient (Wildman–Crippen LogP) is 8.63. The van der Waals surface area contributed by atoms with E-state index in [1.54, 1.807) is 27.2 Å². The Morgan fingerprint density at radius 3 is 2.18 bits per heavy atom. The van der Waals surface area contributed by atoms with Gasteiger partial charge in [0, 0.05) is 20.3 Å². The minimum absolute atomic E-state index is 0.0600. The highest BCUT2D eigenvalue weighted by Crippen LogP contribution is 2.89. The molecule has 2 heterocycles. The normalized spacial score (nSPS) is 34.6. The Bertz CT molecular complexity index is 1440. The maximum atomic E-state index is 2.75. The summed E-state index contributed by atoms with van der Waals surface area (Å²) in [6.07, 6.45) is 11.3. The number of fused-ring (bicyclic) bond motifs is 12. The van der Waals surface area contributed by atoms with E-state index < -0.39 is 10.0 Å². The van der Waals surface area contributed by atoms with E-state index in [4.69, 9.17) is 0 Å². The third-order valence-corrected chi connectivity index (χ3v) is 15.1. The predicted molar refractivity (Wildman–Crippen MR) is 145 cm³/mol. The van der Waals surface area contributed by atoms with Crippen molar-refractivity contribution in [1.29, 1.82) is 0 Å². The summed E-state index contributed by atoms with van der Waals surface area (Å²) in [5, 5.41) is 3.29. The van der Waals surface area contributed by atoms with E-state index in [-0.39, 0.29) is 10.2 Å². The van der Waals surface area contributed by atoms with Crippen LogP contribution in [0.2, 0.25) is 0 Å². The molecule has 1 saturated carbocycles. The van der Waals surface area contributed by atoms with E-state index in [0.29, 0.717) is 11.2 Å². The molecule has 4 unspecified atom stereocenters. The molecule has 1 fully saturated rings. The summed E-state index contributed by atoms with van der Waals surface area (Å²) in [5.74, 6) is 0.618. The molecule has 1 heteroatoms. The van der Waals surface area contributed by atoms with Gasteiger partial charge < -0.3 is 0 Å². The average molecular weight is 459 g/mol. The molecule has 3 aromatic carbocycles. The van der Waals surface area contributed by atoms with Crippen LogP contribution in [0.5, 0.6) is 0 Å². The molecule has 34 heavy (non-hydrogen) atoms. The van der Waals surface area contributed by atoms with Crippen molar-refractivity contribution in [3.8, 4) is 11.1 Å². The number of allylic oxidation sites excluding steroid dienone is 3. The monoisotopic (exact) mass is 458 g/mol. The quantitative estimate of drug-likeness (QED) is 0.316. The van der Waals surface area contributed by atoms with Crippen molar-refractivity contribution in [3.63, 3.8) is 0 Å². The molecule has 2 aliphatic heterocycles. The van der Waals surface area contributed by atoms with E-state index in [0.717, 1.165) is 0 Å². The SMILES string of the molecule is CC1=CC=C2c3ccccc3S3(C=CCC34CCC(C)C43c4ccccc4-c4ccccc43)C12. The standard InChI is InChI=1S/C33H30S/c1-22-16-17-27-26-12-5-8-15-30(26)34(31(22)27)21-9-19-32(34)20-18-23(2)33(32)28-13-6-3-10-24(28)25-11-4-7-14-29(25)33/h3-17,21,23,31H,18-20H2,1-2H3. The van der Waals surface area contributed by atoms with Crippen molar-refractivity contribution < 1.29 is 0 Å². The van der Waals surface area contributed by atoms with E-state index in [9.17, 15) is 0 Å². The van der Waals surface area contributed by atoms with Gasteiger partial charge in [-0.25, -0.2) is 0 Å². The second kappa shape index (κ2) is 6.26. The summed E-state index contributed by atoms with van der Waals surface area (Å²) >= 11 is 0. The van der Waals surface area contributed by atoms with Crippen molar-refractivity contribution in [3.05, 3.63) is 119 Å². The van der Waals surface area contributed by atoms with Gasteiger partial charge >= 0.3 is 0 Å². The van der Waals surface area contributed by atoms with Gasteiger partial charge in [0.15, 0.2) is 0 Å². The van der Waals surface area contributed by atoms with Gasteiger partial charge in [0.05, 0.1) is 0 Å². The summed E-state index contributed by atoms with van der Waals surface area (Å²) in [6.45, 7) is 4.96. The third-order valence-electron chi connectivity index (χ3n) is 9.99. The Hall–Kier alpha value is -2.77. The highest BCUT2D eigenvalue weighted by Gasteiger charge is 2.72. The maximum absolute atomic E-state index is 2.75. The zero-order valence-electron chi connectivity index (χ0n) is 19.9. The van der Waals surface area contributed by atoms with Gasteiger partial charge in [0.2, 0.25) is 0 Å². The molecule has 0 bridgehead atoms. The van der Waals surface area contributed by atoms with Gasteiger partial charge in [-0.15, -0.1) is 0 Å². The van der Waals surface area contributed by atoms with Crippen LogP contribution in [0.25, 0.3) is 16.7 Å². The minimum Gasteiger partial charge on any atom is -0.176 e. The lowest BCUT2D eigenvalue weighted by atomic mass is 9.64. The van der Waals surface area contributed by atoms with E-state index in [2.05, 4.69) is 110 Å². The lowest BCUT2D eigenvalue weighted by molar-refractivity contribution is 0.350. The van der Waals surface area contributed by atoms with Crippen LogP contribution in [0.3, 0.4) is 0 Å². The molecule has 168 valence electrons. The number of rotatable bonds is 0. The van der Waals surface area contributed by atoms with Crippen molar-refractivity contribution >= 4 is 15.6 Å². The highest BCUT2D eigenvalue weighted by molar-refractivity contribution is 8.38. The zero-order valence-corrected chi connectivity index (χ0v) is 20.7. The molecule has 3 aromatic rings. The van der Waals surface area contributed by atoms with Crippen molar-refractivity contribution in [2.24, 2.45) is 5.92 Å². The Morgan fingerprint density at radius 1 is 0.794 bits per heavy atom. The molecular formula is C33H30S. The first-order valence-electron chi connectivity index (χ1n) is 12.8. The first-order valence-corrected chi connectivity index (χ1v) is 14.6. The fourth-order valence-electron chi connectivity index (χ4n) is 9.04. The smallest absolute Gasteiger partial charge is 0.0434 e. The first kappa shape index (κ1) is 19.5. The first-order chi connectivity index (χ1) is 16.7. The minimum atomic E-state index is -1.28. The summed E-state index contributed by atoms with van der Waals surface area (Å²) in [5.41, 5.74) is 10.9. The molecule has 0 radical (unpaired) electrons. The Kier molecular flexibility index (Phi) is 3.60. The Morgan fingerprint density at radius 2 is 1.44 bits per heavy atom. The molecular weight excluding hydrogens is 428 g/mol. The second-order valence-corrected chi connectivity index (χ2v) is 14.4. The molecule has 0 nitrogen and oxygen atoms in total. The van der Waals surface area contributed by atoms with E-state index in [1.165, 1.54) is 36.0 Å². The van der Waals surface area contributed by atoms with Gasteiger partial charge in [-0.1, -0.05) is 97.5 Å². The van der Waals surface area contributed by atoms with Crippen LogP contribution < -0.4 is 0 Å². The van der Waals surface area contributed by atoms with E-state index >= 15 is 0 Å². The van der Waals surface area contributed by atoms with Crippen molar-refractivity contribution in [1.82, 2.24) is 0 Å². The van der Waals surface area contributed by atoms with Gasteiger partial charge in [-0.3, -0.25) is 0 Å². The van der Waals surface area contributed by atoms with Crippen LogP contribution in [0.4, 0.5) is 0 Å². The molecule has 4 atom stereocenters. The molecule has 3 spiro atoms. The van der Waals surface area contributed by atoms with Crippen LogP contribution in [0, 0.1) is 5.92 Å². The zero-order chi connectivity index (χ0) is 22.7. The molecule has 5 aliphatic rings. The number of hydrogen-bond acceptors (Lipinski definition) is 0. The van der Waals surface area contributed by atoms with Crippen LogP contribution >= 0.6 is 10.0 Å². The topological polar surface area (TPSA) is 0 Å². The number of benzene rings is 3. The van der Waals surface area contributed by atoms with Gasteiger partial charge in [0.25, 0.3) is 0 Å². The third kappa shape index (κ3) is 1.82. The van der Waals surface area contributed by atoms with Crippen molar-refractivity contribution in [2.45, 2.75) is 53.4 Å². The van der Waals surface area contributed by atoms with Crippen LogP contribution in [0.1, 0.15) is 49.8 Å². The van der Waals surface area contributed by atoms with E-state index in [1.807, 2.05) is 0 Å². The van der Waals surface area contributed by atoms with Crippen LogP contribution in [-0.2, 0) is 5.41 Å². The molecule has 0 saturated heterocycles. The largest absolute Gasteiger partial charge is 0.176 e. The second-order valence-electron chi connectivity index (χ2n) is 11.0. The van der Waals surface area contributed by atoms with Gasteiger partial charge in [0.1, 0.15) is 0 Å². The molecule has 0 amide bonds. The lowest BCUT2D eigenvalue weighted by Crippen LogP contribution is -2.52. The Labute approximate surface area is 204 Å². The Balaban J connectivity index is 1.53. The van der Waals surface area contributed by atoms with Gasteiger partial charge in [-0.2, -0.15) is 10.0 Å². The van der Waals surface area contributed by atoms with Crippen LogP contribution in [0.15, 0.2) is 107 Å². The summed E-state index contributed by atoms with van der Waals surface area (Å²) in [4.78, 5) is 1.66. The van der Waals surface area contributed by atoms with Crippen LogP contribution in [-0.4, -0.2) is 10.00 Å². The molecule has 3 aliphatic carbocycles. The molecule has 8 rings (SSSR count). The number of hydrogen-bond donors (Lipinski definition) is 0. The summed E-state index contributed by atoms with van der Waals surface area (Å²) in [7, 11) is -1.28. The fraction of sp³-hybridized carbons (Fsp3) is 0.273. The summed E-state index contributed by atoms with van der Waals surface area (Å²) in [6, 6.07) is 28.3. The fourth-order valence-corrected chi connectivity index (χ4v) is 15.0. The van der Waals surface area contributed by atoms with Gasteiger partial charge in [-0.05, 0) is 77.0 Å². The van der Waals surface area contributed by atoms with Crippen molar-refractivity contribution in [2.75, 3.05) is 0 Å². The average Bonchev–Trinajstić information content (AvgIpc) is 3.65. The molecule has 0 N–H and O–H groups in total. The summed E-state index contributed by atoms with van der Waals surface area (Å²) < 4.78 is 0.206. The lowest BCUT2D eigenvalue weighted by Gasteiger charge is -2.59. The highest BCUT2D eigenvalue weighted by atomic mass is 32.3. The maximum Gasteiger partial charge on any atom is 0.0434 e.